The molecule has 0 bridgehead atoms. The van der Waals surface area contributed by atoms with Gasteiger partial charge in [-0.3, -0.25) is 0 Å². The van der Waals surface area contributed by atoms with E-state index in [1.165, 1.54) is 11.1 Å². The van der Waals surface area contributed by atoms with Crippen LogP contribution in [0.25, 0.3) is 0 Å². The average Bonchev–Trinajstić information content (AvgIpc) is 2.37. The van der Waals surface area contributed by atoms with E-state index in [-0.39, 0.29) is 11.5 Å². The highest BCUT2D eigenvalue weighted by molar-refractivity contribution is 5.45. The molecule has 0 aliphatic heterocycles. The topological polar surface area (TPSA) is 35.2 Å². The lowest BCUT2D eigenvalue weighted by Crippen LogP contribution is -2.14. The van der Waals surface area contributed by atoms with Crippen molar-refractivity contribution in [1.82, 2.24) is 0 Å². The fraction of sp³-hybridized carbons (Fsp3) is 0.500. The molecule has 2 nitrogen and oxygen atoms in total. The molecule has 0 amide bonds. The van der Waals surface area contributed by atoms with Crippen molar-refractivity contribution in [2.45, 2.75) is 31.7 Å². The molecule has 1 aromatic rings. The van der Waals surface area contributed by atoms with E-state index in [0.717, 1.165) is 12.2 Å². The summed E-state index contributed by atoms with van der Waals surface area (Å²) < 4.78 is 5.20. The van der Waals surface area contributed by atoms with E-state index < -0.39 is 0 Å². The number of fused-ring (bicyclic) bond motifs is 1. The van der Waals surface area contributed by atoms with Crippen LogP contribution < -0.4 is 10.5 Å². The van der Waals surface area contributed by atoms with E-state index in [0.29, 0.717) is 0 Å². The Morgan fingerprint density at radius 2 is 2.14 bits per heavy atom. The zero-order chi connectivity index (χ0) is 10.3. The summed E-state index contributed by atoms with van der Waals surface area (Å²) in [5.41, 5.74) is 8.91. The number of hydrogen-bond acceptors (Lipinski definition) is 2. The van der Waals surface area contributed by atoms with Gasteiger partial charge in [0.1, 0.15) is 5.75 Å². The maximum Gasteiger partial charge on any atom is 0.119 e. The Morgan fingerprint density at radius 1 is 1.43 bits per heavy atom. The van der Waals surface area contributed by atoms with Crippen LogP contribution in [0.1, 0.15) is 37.4 Å². The zero-order valence-corrected chi connectivity index (χ0v) is 9.00. The number of ether oxygens (including phenoxy) is 1. The van der Waals surface area contributed by atoms with Gasteiger partial charge in [0.05, 0.1) is 7.11 Å². The molecule has 0 fully saturated rings. The first-order chi connectivity index (χ1) is 6.54. The first-order valence-electron chi connectivity index (χ1n) is 4.98. The van der Waals surface area contributed by atoms with Gasteiger partial charge in [-0.2, -0.15) is 0 Å². The van der Waals surface area contributed by atoms with Crippen LogP contribution in [0.15, 0.2) is 18.2 Å². The molecule has 2 heteroatoms. The molecule has 76 valence electrons. The summed E-state index contributed by atoms with van der Waals surface area (Å²) in [7, 11) is 1.69. The summed E-state index contributed by atoms with van der Waals surface area (Å²) in [6, 6.07) is 6.38. The maximum atomic E-state index is 6.09. The van der Waals surface area contributed by atoms with Crippen molar-refractivity contribution < 1.29 is 4.74 Å². The van der Waals surface area contributed by atoms with Gasteiger partial charge in [-0.15, -0.1) is 0 Å². The molecule has 2 rings (SSSR count). The van der Waals surface area contributed by atoms with Crippen LogP contribution in [0, 0.1) is 0 Å². The van der Waals surface area contributed by atoms with Crippen molar-refractivity contribution in [2.75, 3.05) is 7.11 Å². The molecule has 2 N–H and O–H groups in total. The molecule has 1 aromatic carbocycles. The van der Waals surface area contributed by atoms with Crippen LogP contribution in [-0.2, 0) is 5.41 Å². The Kier molecular flexibility index (Phi) is 2.04. The summed E-state index contributed by atoms with van der Waals surface area (Å²) in [6.45, 7) is 4.48. The lowest BCUT2D eigenvalue weighted by molar-refractivity contribution is 0.414. The fourth-order valence-electron chi connectivity index (χ4n) is 2.36. The number of hydrogen-bond donors (Lipinski definition) is 1. The van der Waals surface area contributed by atoms with Crippen molar-refractivity contribution in [1.29, 1.82) is 0 Å². The van der Waals surface area contributed by atoms with Crippen LogP contribution in [0.5, 0.6) is 5.75 Å². The van der Waals surface area contributed by atoms with Crippen LogP contribution >= 0.6 is 0 Å². The van der Waals surface area contributed by atoms with E-state index in [9.17, 15) is 0 Å². The lowest BCUT2D eigenvalue weighted by Gasteiger charge is -2.18. The minimum Gasteiger partial charge on any atom is -0.497 e. The zero-order valence-electron chi connectivity index (χ0n) is 9.00. The first kappa shape index (κ1) is 9.53. The fourth-order valence-corrected chi connectivity index (χ4v) is 2.36. The summed E-state index contributed by atoms with van der Waals surface area (Å²) in [5, 5.41) is 0. The largest absolute Gasteiger partial charge is 0.497 e. The van der Waals surface area contributed by atoms with Gasteiger partial charge in [-0.1, -0.05) is 19.9 Å². The molecule has 1 aliphatic carbocycles. The quantitative estimate of drug-likeness (QED) is 0.739. The van der Waals surface area contributed by atoms with Crippen LogP contribution in [0.2, 0.25) is 0 Å². The third-order valence-corrected chi connectivity index (χ3v) is 3.12. The van der Waals surface area contributed by atoms with Gasteiger partial charge in [0.15, 0.2) is 0 Å². The molecule has 1 unspecified atom stereocenters. The first-order valence-corrected chi connectivity index (χ1v) is 4.98. The third kappa shape index (κ3) is 1.30. The van der Waals surface area contributed by atoms with Gasteiger partial charge in [-0.05, 0) is 35.1 Å². The third-order valence-electron chi connectivity index (χ3n) is 3.12. The normalized spacial score (nSPS) is 23.3. The van der Waals surface area contributed by atoms with Gasteiger partial charge in [0, 0.05) is 6.04 Å². The molecule has 0 spiro atoms. The highest BCUT2D eigenvalue weighted by Crippen LogP contribution is 2.44. The molecule has 0 saturated carbocycles. The van der Waals surface area contributed by atoms with Crippen LogP contribution in [0.3, 0.4) is 0 Å². The van der Waals surface area contributed by atoms with Gasteiger partial charge >= 0.3 is 0 Å². The van der Waals surface area contributed by atoms with Gasteiger partial charge in [0.2, 0.25) is 0 Å². The smallest absolute Gasteiger partial charge is 0.119 e. The number of benzene rings is 1. The minimum absolute atomic E-state index is 0.162. The van der Waals surface area contributed by atoms with Gasteiger partial charge in [0.25, 0.3) is 0 Å². The summed E-state index contributed by atoms with van der Waals surface area (Å²) in [6.07, 6.45) is 1.02. The molecule has 0 saturated heterocycles. The molecule has 0 radical (unpaired) electrons. The highest BCUT2D eigenvalue weighted by Gasteiger charge is 2.34. The van der Waals surface area contributed by atoms with Gasteiger partial charge in [-0.25, -0.2) is 0 Å². The molecule has 0 heterocycles. The Labute approximate surface area is 85.1 Å². The van der Waals surface area contributed by atoms with Crippen molar-refractivity contribution in [3.63, 3.8) is 0 Å². The SMILES string of the molecule is COc1ccc2c(c1)C(N)CC2(C)C. The Bertz CT molecular complexity index is 357. The van der Waals surface area contributed by atoms with E-state index in [1.54, 1.807) is 7.11 Å². The second kappa shape index (κ2) is 2.99. The lowest BCUT2D eigenvalue weighted by atomic mass is 9.86. The summed E-state index contributed by atoms with van der Waals surface area (Å²) >= 11 is 0. The van der Waals surface area contributed by atoms with Crippen molar-refractivity contribution in [3.05, 3.63) is 29.3 Å². The number of methoxy groups -OCH3 is 1. The molecule has 0 aromatic heterocycles. The van der Waals surface area contributed by atoms with Crippen molar-refractivity contribution in [3.8, 4) is 5.75 Å². The summed E-state index contributed by atoms with van der Waals surface area (Å²) in [5.74, 6) is 0.900. The highest BCUT2D eigenvalue weighted by atomic mass is 16.5. The van der Waals surface area contributed by atoms with Crippen molar-refractivity contribution in [2.24, 2.45) is 5.73 Å². The predicted molar refractivity (Wildman–Crippen MR) is 57.6 cm³/mol. The monoisotopic (exact) mass is 191 g/mol. The minimum atomic E-state index is 0.162. The molecule has 1 aliphatic rings. The molecular formula is C12H17NO. The van der Waals surface area contributed by atoms with E-state index in [4.69, 9.17) is 10.5 Å². The van der Waals surface area contributed by atoms with Crippen molar-refractivity contribution >= 4 is 0 Å². The average molecular weight is 191 g/mol. The Balaban J connectivity index is 2.52. The van der Waals surface area contributed by atoms with Crippen LogP contribution in [0.4, 0.5) is 0 Å². The standard InChI is InChI=1S/C12H17NO/c1-12(2)7-11(13)9-6-8(14-3)4-5-10(9)12/h4-6,11H,7,13H2,1-3H3. The Hall–Kier alpha value is -1.02. The molecule has 1 atom stereocenters. The number of rotatable bonds is 1. The second-order valence-electron chi connectivity index (χ2n) is 4.65. The molecular weight excluding hydrogens is 174 g/mol. The van der Waals surface area contributed by atoms with E-state index in [1.807, 2.05) is 6.07 Å². The maximum absolute atomic E-state index is 6.09. The second-order valence-corrected chi connectivity index (χ2v) is 4.65. The van der Waals surface area contributed by atoms with Crippen LogP contribution in [-0.4, -0.2) is 7.11 Å². The molecule has 14 heavy (non-hydrogen) atoms. The number of nitrogens with two attached hydrogens (primary N) is 1. The van der Waals surface area contributed by atoms with E-state index >= 15 is 0 Å². The Morgan fingerprint density at radius 3 is 2.79 bits per heavy atom. The van der Waals surface area contributed by atoms with Gasteiger partial charge < -0.3 is 10.5 Å². The predicted octanol–water partition coefficient (Wildman–Crippen LogP) is 2.38. The summed E-state index contributed by atoms with van der Waals surface area (Å²) in [4.78, 5) is 0. The van der Waals surface area contributed by atoms with E-state index in [2.05, 4.69) is 26.0 Å².